The molecule has 2 N–H and O–H groups in total. The quantitative estimate of drug-likeness (QED) is 0.412. The zero-order chi connectivity index (χ0) is 25.1. The minimum absolute atomic E-state index is 0.0907. The molecule has 0 amide bonds. The molecule has 0 aliphatic heterocycles. The molecular weight excluding hydrogens is 446 g/mol. The summed E-state index contributed by atoms with van der Waals surface area (Å²) >= 11 is 0. The smallest absolute Gasteiger partial charge is 0.314 e. The molecule has 3 aromatic carbocycles. The molecule has 2 fully saturated rings. The first-order chi connectivity index (χ1) is 17.4. The fraction of sp³-hybridized carbons (Fsp3) is 0.469. The number of benzene rings is 3. The van der Waals surface area contributed by atoms with Gasteiger partial charge in [-0.2, -0.15) is 0 Å². The van der Waals surface area contributed by atoms with Crippen LogP contribution in [0.4, 0.5) is 0 Å². The number of nitrogens with one attached hydrogen (secondary N) is 1. The van der Waals surface area contributed by atoms with Crippen molar-refractivity contribution in [2.45, 2.75) is 70.4 Å². The number of hydrogen-bond acceptors (Lipinski definition) is 4. The van der Waals surface area contributed by atoms with E-state index in [9.17, 15) is 9.90 Å². The highest BCUT2D eigenvalue weighted by Gasteiger charge is 2.68. The number of fused-ring (bicyclic) bond motifs is 4. The molecule has 0 saturated heterocycles. The zero-order valence-electron chi connectivity index (χ0n) is 21.6. The molecule has 2 bridgehead atoms. The van der Waals surface area contributed by atoms with Crippen molar-refractivity contribution >= 4 is 16.7 Å². The highest BCUT2D eigenvalue weighted by atomic mass is 16.5. The van der Waals surface area contributed by atoms with Gasteiger partial charge in [0.2, 0.25) is 0 Å². The molecule has 36 heavy (non-hydrogen) atoms. The second-order valence-electron chi connectivity index (χ2n) is 11.5. The van der Waals surface area contributed by atoms with Gasteiger partial charge in [0.25, 0.3) is 0 Å². The highest BCUT2D eigenvalue weighted by Crippen LogP contribution is 2.72. The maximum atomic E-state index is 13.6. The summed E-state index contributed by atoms with van der Waals surface area (Å²) in [6.07, 6.45) is 3.72. The van der Waals surface area contributed by atoms with Crippen molar-refractivity contribution in [3.63, 3.8) is 0 Å². The summed E-state index contributed by atoms with van der Waals surface area (Å²) in [7, 11) is 0. The molecule has 3 aliphatic carbocycles. The number of aliphatic hydroxyl groups is 1. The van der Waals surface area contributed by atoms with Crippen LogP contribution in [-0.2, 0) is 9.53 Å². The number of ether oxygens (including phenoxy) is 1. The number of rotatable bonds is 6. The molecule has 0 aromatic heterocycles. The molecule has 0 radical (unpaired) electrons. The van der Waals surface area contributed by atoms with Crippen LogP contribution in [0.5, 0.6) is 0 Å². The van der Waals surface area contributed by atoms with Gasteiger partial charge in [0, 0.05) is 17.5 Å². The third kappa shape index (κ3) is 3.30. The molecule has 3 aromatic rings. The molecule has 188 valence electrons. The second-order valence-corrected chi connectivity index (χ2v) is 11.5. The minimum Gasteiger partial charge on any atom is -0.466 e. The number of carbonyl (C=O) groups excluding carboxylic acids is 1. The molecule has 6 atom stereocenters. The summed E-state index contributed by atoms with van der Waals surface area (Å²) in [5.74, 6) is -0.0160. The number of esters is 1. The number of aryl methyl sites for hydroxylation is 1. The first kappa shape index (κ1) is 23.7. The summed E-state index contributed by atoms with van der Waals surface area (Å²) in [5, 5.41) is 17.3. The highest BCUT2D eigenvalue weighted by molar-refractivity contribution is 5.86. The second kappa shape index (κ2) is 8.71. The van der Waals surface area contributed by atoms with E-state index < -0.39 is 0 Å². The van der Waals surface area contributed by atoms with Crippen molar-refractivity contribution in [3.05, 3.63) is 82.9 Å². The average molecular weight is 484 g/mol. The van der Waals surface area contributed by atoms with Crippen molar-refractivity contribution in [1.82, 2.24) is 5.32 Å². The maximum Gasteiger partial charge on any atom is 0.314 e. The molecule has 0 heterocycles. The van der Waals surface area contributed by atoms with E-state index in [1.165, 1.54) is 33.0 Å². The van der Waals surface area contributed by atoms with Gasteiger partial charge in [0.1, 0.15) is 0 Å². The Balaban J connectivity index is 1.40. The van der Waals surface area contributed by atoms with Gasteiger partial charge in [-0.25, -0.2) is 0 Å². The van der Waals surface area contributed by atoms with Gasteiger partial charge in [-0.05, 0) is 90.8 Å². The van der Waals surface area contributed by atoms with Crippen LogP contribution in [0.2, 0.25) is 0 Å². The summed E-state index contributed by atoms with van der Waals surface area (Å²) in [6, 6.07) is 21.8. The Kier molecular flexibility index (Phi) is 5.73. The van der Waals surface area contributed by atoms with Crippen molar-refractivity contribution in [3.8, 4) is 0 Å². The topological polar surface area (TPSA) is 58.6 Å². The first-order valence-corrected chi connectivity index (χ1v) is 13.5. The molecule has 6 rings (SSSR count). The van der Waals surface area contributed by atoms with E-state index in [-0.39, 0.29) is 41.4 Å². The normalized spacial score (nSPS) is 31.2. The first-order valence-electron chi connectivity index (χ1n) is 13.5. The number of carbonyl (C=O) groups is 1. The van der Waals surface area contributed by atoms with Crippen molar-refractivity contribution in [2.75, 3.05) is 13.2 Å². The van der Waals surface area contributed by atoms with Crippen LogP contribution < -0.4 is 5.32 Å². The Morgan fingerprint density at radius 2 is 1.92 bits per heavy atom. The fourth-order valence-corrected chi connectivity index (χ4v) is 8.35. The predicted molar refractivity (Wildman–Crippen MR) is 143 cm³/mol. The van der Waals surface area contributed by atoms with Crippen LogP contribution in [-0.4, -0.2) is 30.3 Å². The third-order valence-corrected chi connectivity index (χ3v) is 9.80. The Labute approximate surface area is 214 Å². The summed E-state index contributed by atoms with van der Waals surface area (Å²) in [4.78, 5) is 13.6. The average Bonchev–Trinajstić information content (AvgIpc) is 3.31. The van der Waals surface area contributed by atoms with Crippen LogP contribution in [0.1, 0.15) is 79.7 Å². The minimum atomic E-state index is -0.260. The van der Waals surface area contributed by atoms with E-state index in [0.717, 1.165) is 25.7 Å². The molecule has 0 unspecified atom stereocenters. The van der Waals surface area contributed by atoms with Crippen molar-refractivity contribution < 1.29 is 14.6 Å². The van der Waals surface area contributed by atoms with Crippen molar-refractivity contribution in [1.29, 1.82) is 0 Å². The lowest BCUT2D eigenvalue weighted by Gasteiger charge is -2.44. The van der Waals surface area contributed by atoms with Gasteiger partial charge in [0.15, 0.2) is 0 Å². The zero-order valence-corrected chi connectivity index (χ0v) is 21.6. The van der Waals surface area contributed by atoms with E-state index >= 15 is 0 Å². The fourth-order valence-electron chi connectivity index (χ4n) is 8.35. The van der Waals surface area contributed by atoms with Gasteiger partial charge in [-0.3, -0.25) is 4.79 Å². The largest absolute Gasteiger partial charge is 0.466 e. The summed E-state index contributed by atoms with van der Waals surface area (Å²) < 4.78 is 5.71. The number of aliphatic hydroxyl groups excluding tert-OH is 1. The van der Waals surface area contributed by atoms with Crippen LogP contribution in [0.25, 0.3) is 10.8 Å². The van der Waals surface area contributed by atoms with Gasteiger partial charge >= 0.3 is 5.97 Å². The van der Waals surface area contributed by atoms with E-state index in [2.05, 4.69) is 79.8 Å². The van der Waals surface area contributed by atoms with E-state index in [0.29, 0.717) is 12.5 Å². The van der Waals surface area contributed by atoms with Gasteiger partial charge < -0.3 is 15.2 Å². The molecule has 4 nitrogen and oxygen atoms in total. The molecule has 2 saturated carbocycles. The predicted octanol–water partition coefficient (Wildman–Crippen LogP) is 6.16. The van der Waals surface area contributed by atoms with Crippen LogP contribution in [0.15, 0.2) is 60.7 Å². The van der Waals surface area contributed by atoms with Crippen LogP contribution in [0, 0.1) is 17.8 Å². The standard InChI is InChI=1S/C32H37NO3/c1-4-36-30(35)29-28-20(2)9-7-14-25(28)26-15-16-31(19-34)18-32(26,29)17-27(31)33-21(3)23-13-8-11-22-10-5-6-12-24(22)23/h5-14,21,26-27,29,33-34H,4,15-19H2,1-3H3/t21-,26+,27-,29+,31-,32+/m0/s1. The Bertz CT molecular complexity index is 1310. The monoisotopic (exact) mass is 483 g/mol. The number of hydrogen-bond donors (Lipinski definition) is 2. The Morgan fingerprint density at radius 3 is 2.72 bits per heavy atom. The van der Waals surface area contributed by atoms with Crippen LogP contribution >= 0.6 is 0 Å². The van der Waals surface area contributed by atoms with Crippen LogP contribution in [0.3, 0.4) is 0 Å². The lowest BCUT2D eigenvalue weighted by Crippen LogP contribution is -2.45. The van der Waals surface area contributed by atoms with E-state index in [1.54, 1.807) is 0 Å². The lowest BCUT2D eigenvalue weighted by molar-refractivity contribution is -0.149. The van der Waals surface area contributed by atoms with E-state index in [1.807, 2.05) is 6.92 Å². The van der Waals surface area contributed by atoms with Gasteiger partial charge in [0.05, 0.1) is 19.1 Å². The maximum absolute atomic E-state index is 13.6. The summed E-state index contributed by atoms with van der Waals surface area (Å²) in [6.45, 7) is 6.80. The van der Waals surface area contributed by atoms with Gasteiger partial charge in [-0.1, -0.05) is 60.7 Å². The Hall–Kier alpha value is -2.69. The third-order valence-electron chi connectivity index (χ3n) is 9.80. The lowest BCUT2D eigenvalue weighted by atomic mass is 9.60. The van der Waals surface area contributed by atoms with E-state index in [4.69, 9.17) is 4.74 Å². The molecular formula is C32H37NO3. The molecule has 4 heteroatoms. The van der Waals surface area contributed by atoms with Gasteiger partial charge in [-0.15, -0.1) is 0 Å². The summed E-state index contributed by atoms with van der Waals surface area (Å²) in [5.41, 5.74) is 4.56. The Morgan fingerprint density at radius 1 is 1.14 bits per heavy atom. The molecule has 3 aliphatic rings. The molecule has 1 spiro atoms. The SMILES string of the molecule is CCOC(=O)[C@H]1c2c(C)cccc2[C@H]2CC[C@@]3(CO)C[C@]21C[C@@H]3N[C@@H](C)c1cccc2ccccc12. The van der Waals surface area contributed by atoms with Crippen molar-refractivity contribution in [2.24, 2.45) is 10.8 Å².